The number of ether oxygens (including phenoxy) is 4. The summed E-state index contributed by atoms with van der Waals surface area (Å²) in [5.41, 5.74) is 1.14. The maximum atomic E-state index is 6.47. The maximum absolute atomic E-state index is 6.47. The molecule has 0 aromatic heterocycles. The zero-order valence-electron chi connectivity index (χ0n) is 16.3. The summed E-state index contributed by atoms with van der Waals surface area (Å²) in [6, 6.07) is 7.98. The van der Waals surface area contributed by atoms with Gasteiger partial charge < -0.3 is 18.9 Å². The first-order chi connectivity index (χ1) is 12.5. The normalized spacial score (nSPS) is 34.6. The lowest BCUT2D eigenvalue weighted by molar-refractivity contribution is -0.328. The smallest absolute Gasteiger partial charge is 0.169 e. The molecule has 2 fully saturated rings. The van der Waals surface area contributed by atoms with Crippen LogP contribution in [0.1, 0.15) is 45.1 Å². The van der Waals surface area contributed by atoms with Crippen molar-refractivity contribution in [3.8, 4) is 5.75 Å². The van der Waals surface area contributed by atoms with Crippen molar-refractivity contribution in [2.45, 2.75) is 64.1 Å². The highest BCUT2D eigenvalue weighted by molar-refractivity contribution is 5.26. The van der Waals surface area contributed by atoms with Crippen LogP contribution in [0.4, 0.5) is 0 Å². The van der Waals surface area contributed by atoms with Crippen LogP contribution in [-0.4, -0.2) is 31.7 Å². The van der Waals surface area contributed by atoms with E-state index in [-0.39, 0.29) is 12.2 Å². The van der Waals surface area contributed by atoms with Gasteiger partial charge >= 0.3 is 0 Å². The molecule has 5 atom stereocenters. The number of methoxy groups -OCH3 is 1. The van der Waals surface area contributed by atoms with E-state index in [0.29, 0.717) is 25.0 Å². The van der Waals surface area contributed by atoms with Crippen molar-refractivity contribution in [1.29, 1.82) is 0 Å². The highest BCUT2D eigenvalue weighted by Crippen LogP contribution is 2.42. The van der Waals surface area contributed by atoms with Crippen molar-refractivity contribution >= 4 is 0 Å². The number of hydrogen-bond donors (Lipinski definition) is 0. The molecule has 4 heteroatoms. The third kappa shape index (κ3) is 4.48. The lowest BCUT2D eigenvalue weighted by Gasteiger charge is -2.49. The molecule has 2 aliphatic rings. The fourth-order valence-corrected chi connectivity index (χ4v) is 3.88. The first kappa shape index (κ1) is 19.4. The minimum atomic E-state index is -0.452. The van der Waals surface area contributed by atoms with E-state index >= 15 is 0 Å². The zero-order chi connectivity index (χ0) is 18.6. The summed E-state index contributed by atoms with van der Waals surface area (Å²) in [5.74, 6) is 1.39. The Hall–Kier alpha value is -1.36. The largest absolute Gasteiger partial charge is 0.497 e. The number of benzene rings is 1. The van der Waals surface area contributed by atoms with Gasteiger partial charge in [-0.05, 0) is 42.4 Å². The average molecular weight is 360 g/mol. The fraction of sp³-hybridized carbons (Fsp3) is 0.636. The summed E-state index contributed by atoms with van der Waals surface area (Å²) < 4.78 is 24.0. The molecule has 26 heavy (non-hydrogen) atoms. The molecule has 144 valence electrons. The summed E-state index contributed by atoms with van der Waals surface area (Å²) in [6.45, 7) is 9.56. The van der Waals surface area contributed by atoms with Gasteiger partial charge in [0, 0.05) is 12.8 Å². The predicted octanol–water partition coefficient (Wildman–Crippen LogP) is 4.72. The molecule has 0 radical (unpaired) electrons. The first-order valence-corrected chi connectivity index (χ1v) is 9.74. The van der Waals surface area contributed by atoms with Crippen molar-refractivity contribution in [2.24, 2.45) is 11.8 Å². The number of hydrogen-bond acceptors (Lipinski definition) is 4. The Morgan fingerprint density at radius 1 is 1.12 bits per heavy atom. The third-order valence-corrected chi connectivity index (χ3v) is 5.82. The molecule has 0 bridgehead atoms. The van der Waals surface area contributed by atoms with E-state index in [1.54, 1.807) is 7.11 Å². The fourth-order valence-electron chi connectivity index (χ4n) is 3.88. The van der Waals surface area contributed by atoms with Crippen LogP contribution in [0.5, 0.6) is 5.75 Å². The van der Waals surface area contributed by atoms with Crippen LogP contribution >= 0.6 is 0 Å². The van der Waals surface area contributed by atoms with Crippen LogP contribution in [-0.2, 0) is 20.8 Å². The number of rotatable bonds is 6. The Morgan fingerprint density at radius 3 is 2.46 bits per heavy atom. The highest BCUT2D eigenvalue weighted by Gasteiger charge is 2.45. The quantitative estimate of drug-likeness (QED) is 0.688. The molecule has 4 nitrogen and oxygen atoms in total. The van der Waals surface area contributed by atoms with Gasteiger partial charge in [-0.25, -0.2) is 0 Å². The lowest BCUT2D eigenvalue weighted by atomic mass is 9.84. The second kappa shape index (κ2) is 8.55. The topological polar surface area (TPSA) is 36.9 Å². The van der Waals surface area contributed by atoms with Gasteiger partial charge in [-0.15, -0.1) is 6.58 Å². The van der Waals surface area contributed by atoms with Gasteiger partial charge in [0.2, 0.25) is 0 Å². The molecule has 2 heterocycles. The van der Waals surface area contributed by atoms with E-state index < -0.39 is 5.79 Å². The lowest BCUT2D eigenvalue weighted by Crippen LogP contribution is -2.52. The van der Waals surface area contributed by atoms with Crippen LogP contribution in [0.2, 0.25) is 0 Å². The first-order valence-electron chi connectivity index (χ1n) is 9.74. The van der Waals surface area contributed by atoms with Gasteiger partial charge in [-0.3, -0.25) is 0 Å². The predicted molar refractivity (Wildman–Crippen MR) is 102 cm³/mol. The Kier molecular flexibility index (Phi) is 6.38. The minimum Gasteiger partial charge on any atom is -0.497 e. The Balaban J connectivity index is 1.54. The van der Waals surface area contributed by atoms with Gasteiger partial charge in [0.05, 0.1) is 32.5 Å². The van der Waals surface area contributed by atoms with Crippen molar-refractivity contribution in [3.63, 3.8) is 0 Å². The second-order valence-electron chi connectivity index (χ2n) is 7.78. The van der Waals surface area contributed by atoms with Crippen LogP contribution in [0.25, 0.3) is 0 Å². The molecule has 0 saturated carbocycles. The summed E-state index contributed by atoms with van der Waals surface area (Å²) in [6.07, 6.45) is 6.21. The van der Waals surface area contributed by atoms with Gasteiger partial charge in [0.15, 0.2) is 5.79 Å². The van der Waals surface area contributed by atoms with Crippen molar-refractivity contribution in [2.75, 3.05) is 13.7 Å². The van der Waals surface area contributed by atoms with E-state index in [9.17, 15) is 0 Å². The summed E-state index contributed by atoms with van der Waals surface area (Å²) in [4.78, 5) is 0. The van der Waals surface area contributed by atoms with Gasteiger partial charge in [0.25, 0.3) is 0 Å². The van der Waals surface area contributed by atoms with Crippen LogP contribution in [0, 0.1) is 11.8 Å². The third-order valence-electron chi connectivity index (χ3n) is 5.82. The molecule has 1 aromatic rings. The Bertz CT molecular complexity index is 580. The van der Waals surface area contributed by atoms with Crippen LogP contribution in [0.3, 0.4) is 0 Å². The Labute approximate surface area is 157 Å². The highest BCUT2D eigenvalue weighted by atomic mass is 16.7. The van der Waals surface area contributed by atoms with Crippen molar-refractivity contribution in [3.05, 3.63) is 42.5 Å². The molecule has 1 aromatic carbocycles. The molecule has 0 aliphatic carbocycles. The second-order valence-corrected chi connectivity index (χ2v) is 7.78. The van der Waals surface area contributed by atoms with E-state index in [0.717, 1.165) is 37.0 Å². The van der Waals surface area contributed by atoms with Crippen LogP contribution in [0.15, 0.2) is 36.9 Å². The van der Waals surface area contributed by atoms with E-state index in [4.69, 9.17) is 18.9 Å². The molecular formula is C22H32O4. The summed E-state index contributed by atoms with van der Waals surface area (Å²) in [7, 11) is 1.67. The van der Waals surface area contributed by atoms with Crippen LogP contribution < -0.4 is 4.74 Å². The SMILES string of the molecule is C=C[C@H]1O[C@@]2(CC[C@@H](C)[C@@H](COCc3ccc(OC)cc3)O2)CC[C@@H]1C. The van der Waals surface area contributed by atoms with Crippen molar-refractivity contribution in [1.82, 2.24) is 0 Å². The standard InChI is InChI=1S/C22H32O4/c1-5-20-16(2)10-12-22(25-20)13-11-17(3)21(26-22)15-24-14-18-6-8-19(23-4)9-7-18/h5-9,16-17,20-21H,1,10-15H2,2-4H3/t16-,17+,20+,21+,22-/m0/s1. The molecule has 2 aliphatic heterocycles. The average Bonchev–Trinajstić information content (AvgIpc) is 2.67. The molecule has 3 rings (SSSR count). The summed E-state index contributed by atoms with van der Waals surface area (Å²) >= 11 is 0. The van der Waals surface area contributed by atoms with E-state index in [2.05, 4.69) is 20.4 Å². The molecule has 2 saturated heterocycles. The zero-order valence-corrected chi connectivity index (χ0v) is 16.3. The van der Waals surface area contributed by atoms with E-state index in [1.165, 1.54) is 0 Å². The van der Waals surface area contributed by atoms with Crippen molar-refractivity contribution < 1.29 is 18.9 Å². The maximum Gasteiger partial charge on any atom is 0.169 e. The van der Waals surface area contributed by atoms with E-state index in [1.807, 2.05) is 30.3 Å². The molecule has 0 N–H and O–H groups in total. The molecular weight excluding hydrogens is 328 g/mol. The van der Waals surface area contributed by atoms with Gasteiger partial charge in [-0.1, -0.05) is 32.1 Å². The molecule has 1 spiro atoms. The monoisotopic (exact) mass is 360 g/mol. The summed E-state index contributed by atoms with van der Waals surface area (Å²) in [5, 5.41) is 0. The Morgan fingerprint density at radius 2 is 1.81 bits per heavy atom. The van der Waals surface area contributed by atoms with Gasteiger partial charge in [-0.2, -0.15) is 0 Å². The minimum absolute atomic E-state index is 0.0702. The van der Waals surface area contributed by atoms with Gasteiger partial charge in [0.1, 0.15) is 5.75 Å². The molecule has 0 amide bonds. The molecule has 0 unspecified atom stereocenters.